The molecule has 0 spiro atoms. The third kappa shape index (κ3) is 6.94. The zero-order valence-electron chi connectivity index (χ0n) is 15.9. The van der Waals surface area contributed by atoms with Gasteiger partial charge in [0.05, 0.1) is 6.26 Å². The summed E-state index contributed by atoms with van der Waals surface area (Å²) >= 11 is 0. The molecule has 0 heterocycles. The molecule has 2 aromatic rings. The van der Waals surface area contributed by atoms with Crippen molar-refractivity contribution in [3.63, 3.8) is 0 Å². The molecule has 7 heteroatoms. The van der Waals surface area contributed by atoms with Crippen molar-refractivity contribution in [2.45, 2.75) is 33.2 Å². The van der Waals surface area contributed by atoms with Crippen molar-refractivity contribution in [3.05, 3.63) is 59.7 Å². The van der Waals surface area contributed by atoms with Crippen molar-refractivity contribution in [1.29, 1.82) is 0 Å². The molecule has 6 nitrogen and oxygen atoms in total. The summed E-state index contributed by atoms with van der Waals surface area (Å²) in [6.07, 6.45) is 2.88. The average molecular weight is 391 g/mol. The maximum Gasteiger partial charge on any atom is 0.322 e. The minimum absolute atomic E-state index is 0.158. The first-order valence-electron chi connectivity index (χ1n) is 8.88. The fourth-order valence-corrected chi connectivity index (χ4v) is 3.02. The molecule has 0 aliphatic rings. The minimum atomic E-state index is -3.55. The number of hydrogen-bond acceptors (Lipinski definition) is 4. The summed E-state index contributed by atoms with van der Waals surface area (Å²) in [6.45, 7) is 5.09. The van der Waals surface area contributed by atoms with E-state index < -0.39 is 10.1 Å². The van der Waals surface area contributed by atoms with Crippen LogP contribution >= 0.6 is 0 Å². The zero-order valence-corrected chi connectivity index (χ0v) is 16.8. The standard InChI is InChI=1S/C20H26N2O4S/c1-4-5-14-22(20(23)21-19-9-7-6-8-16(19)2)15-17-10-12-18(13-11-17)26-27(3,24)25/h6-13H,4-5,14-15H2,1-3H3,(H,21,23). The van der Waals surface area contributed by atoms with E-state index in [1.165, 1.54) is 0 Å². The van der Waals surface area contributed by atoms with E-state index in [0.717, 1.165) is 35.9 Å². The highest BCUT2D eigenvalue weighted by molar-refractivity contribution is 7.86. The number of anilines is 1. The summed E-state index contributed by atoms with van der Waals surface area (Å²) in [6, 6.07) is 14.2. The molecule has 0 fully saturated rings. The van der Waals surface area contributed by atoms with Crippen LogP contribution in [0.2, 0.25) is 0 Å². The van der Waals surface area contributed by atoms with E-state index >= 15 is 0 Å². The molecule has 0 aromatic heterocycles. The first-order chi connectivity index (χ1) is 12.8. The molecular formula is C20H26N2O4S. The van der Waals surface area contributed by atoms with Crippen molar-refractivity contribution in [2.75, 3.05) is 18.1 Å². The molecule has 1 N–H and O–H groups in total. The van der Waals surface area contributed by atoms with Crippen LogP contribution in [0, 0.1) is 6.92 Å². The smallest absolute Gasteiger partial charge is 0.322 e. The molecule has 27 heavy (non-hydrogen) atoms. The van der Waals surface area contributed by atoms with Gasteiger partial charge in [-0.25, -0.2) is 4.79 Å². The van der Waals surface area contributed by atoms with Gasteiger partial charge >= 0.3 is 16.1 Å². The first kappa shape index (κ1) is 20.8. The Morgan fingerprint density at radius 2 is 1.78 bits per heavy atom. The lowest BCUT2D eigenvalue weighted by atomic mass is 10.2. The number of benzene rings is 2. The number of amides is 2. The molecule has 0 saturated carbocycles. The fraction of sp³-hybridized carbons (Fsp3) is 0.350. The van der Waals surface area contributed by atoms with Crippen LogP contribution in [0.4, 0.5) is 10.5 Å². The van der Waals surface area contributed by atoms with Gasteiger partial charge in [-0.3, -0.25) is 0 Å². The van der Waals surface area contributed by atoms with Gasteiger partial charge in [0.15, 0.2) is 0 Å². The predicted molar refractivity (Wildman–Crippen MR) is 107 cm³/mol. The molecule has 0 radical (unpaired) electrons. The number of unbranched alkanes of at least 4 members (excludes halogenated alkanes) is 1. The zero-order chi connectivity index (χ0) is 19.9. The Kier molecular flexibility index (Phi) is 7.24. The van der Waals surface area contributed by atoms with Gasteiger partial charge in [0.1, 0.15) is 5.75 Å². The molecule has 2 amide bonds. The van der Waals surface area contributed by atoms with Crippen molar-refractivity contribution >= 4 is 21.8 Å². The van der Waals surface area contributed by atoms with Crippen LogP contribution in [0.3, 0.4) is 0 Å². The van der Waals surface area contributed by atoms with Crippen molar-refractivity contribution < 1.29 is 17.4 Å². The van der Waals surface area contributed by atoms with Gasteiger partial charge in [0.2, 0.25) is 0 Å². The number of nitrogens with one attached hydrogen (secondary N) is 1. The SMILES string of the molecule is CCCCN(Cc1ccc(OS(C)(=O)=O)cc1)C(=O)Nc1ccccc1C. The van der Waals surface area contributed by atoms with E-state index in [1.807, 2.05) is 31.2 Å². The van der Waals surface area contributed by atoms with E-state index in [9.17, 15) is 13.2 Å². The van der Waals surface area contributed by atoms with Gasteiger partial charge in [-0.15, -0.1) is 0 Å². The van der Waals surface area contributed by atoms with Gasteiger partial charge < -0.3 is 14.4 Å². The topological polar surface area (TPSA) is 75.7 Å². The highest BCUT2D eigenvalue weighted by atomic mass is 32.2. The predicted octanol–water partition coefficient (Wildman–Crippen LogP) is 4.17. The Morgan fingerprint density at radius 1 is 1.11 bits per heavy atom. The Morgan fingerprint density at radius 3 is 2.37 bits per heavy atom. The van der Waals surface area contributed by atoms with Crippen molar-refractivity contribution in [1.82, 2.24) is 4.90 Å². The fourth-order valence-electron chi connectivity index (χ4n) is 2.55. The number of nitrogens with zero attached hydrogens (tertiary/aromatic N) is 1. The molecule has 0 atom stereocenters. The lowest BCUT2D eigenvalue weighted by molar-refractivity contribution is 0.208. The van der Waals surface area contributed by atoms with Crippen LogP contribution in [0.5, 0.6) is 5.75 Å². The highest BCUT2D eigenvalue weighted by Crippen LogP contribution is 2.18. The van der Waals surface area contributed by atoms with Crippen LogP contribution in [0.25, 0.3) is 0 Å². The van der Waals surface area contributed by atoms with E-state index in [4.69, 9.17) is 4.18 Å². The number of rotatable bonds is 8. The molecule has 146 valence electrons. The normalized spacial score (nSPS) is 11.1. The number of hydrogen-bond donors (Lipinski definition) is 1. The molecule has 0 bridgehead atoms. The van der Waals surface area contributed by atoms with Crippen molar-refractivity contribution in [3.8, 4) is 5.75 Å². The van der Waals surface area contributed by atoms with Gasteiger partial charge in [0, 0.05) is 18.8 Å². The minimum Gasteiger partial charge on any atom is -0.383 e. The van der Waals surface area contributed by atoms with E-state index in [2.05, 4.69) is 12.2 Å². The third-order valence-corrected chi connectivity index (χ3v) is 4.50. The van der Waals surface area contributed by atoms with Crippen LogP contribution < -0.4 is 9.50 Å². The number of carbonyl (C=O) groups excluding carboxylic acids is 1. The van der Waals surface area contributed by atoms with Crippen LogP contribution in [0.1, 0.15) is 30.9 Å². The summed E-state index contributed by atoms with van der Waals surface area (Å²) in [4.78, 5) is 14.5. The Balaban J connectivity index is 2.09. The Labute approximate surface area is 161 Å². The van der Waals surface area contributed by atoms with E-state index in [1.54, 1.807) is 29.2 Å². The van der Waals surface area contributed by atoms with Gasteiger partial charge in [0.25, 0.3) is 0 Å². The summed E-state index contributed by atoms with van der Waals surface area (Å²) in [5, 5.41) is 2.96. The van der Waals surface area contributed by atoms with Crippen LogP contribution in [-0.2, 0) is 16.7 Å². The largest absolute Gasteiger partial charge is 0.383 e. The summed E-state index contributed by atoms with van der Waals surface area (Å²) in [5.41, 5.74) is 2.69. The average Bonchev–Trinajstić information content (AvgIpc) is 2.60. The molecule has 2 rings (SSSR count). The number of para-hydroxylation sites is 1. The number of aryl methyl sites for hydroxylation is 1. The molecule has 0 aliphatic carbocycles. The van der Waals surface area contributed by atoms with Crippen molar-refractivity contribution in [2.24, 2.45) is 0 Å². The van der Waals surface area contributed by atoms with Gasteiger partial charge in [-0.2, -0.15) is 8.42 Å². The maximum absolute atomic E-state index is 12.7. The molecule has 0 unspecified atom stereocenters. The third-order valence-electron chi connectivity index (χ3n) is 4.00. The van der Waals surface area contributed by atoms with E-state index in [-0.39, 0.29) is 11.8 Å². The molecular weight excluding hydrogens is 364 g/mol. The van der Waals surface area contributed by atoms with Crippen LogP contribution in [0.15, 0.2) is 48.5 Å². The first-order valence-corrected chi connectivity index (χ1v) is 10.7. The summed E-state index contributed by atoms with van der Waals surface area (Å²) in [7, 11) is -3.55. The second-order valence-corrected chi connectivity index (χ2v) is 8.03. The lowest BCUT2D eigenvalue weighted by Gasteiger charge is -2.23. The van der Waals surface area contributed by atoms with Gasteiger partial charge in [-0.05, 0) is 42.7 Å². The second-order valence-electron chi connectivity index (χ2n) is 6.45. The molecule has 2 aromatic carbocycles. The summed E-state index contributed by atoms with van der Waals surface area (Å²) in [5.74, 6) is 0.255. The van der Waals surface area contributed by atoms with E-state index in [0.29, 0.717) is 13.1 Å². The number of urea groups is 1. The summed E-state index contributed by atoms with van der Waals surface area (Å²) < 4.78 is 27.2. The van der Waals surface area contributed by atoms with Crippen LogP contribution in [-0.4, -0.2) is 32.1 Å². The molecule has 0 saturated heterocycles. The number of carbonyl (C=O) groups is 1. The Hall–Kier alpha value is -2.54. The molecule has 0 aliphatic heterocycles. The maximum atomic E-state index is 12.7. The second kappa shape index (κ2) is 9.41. The quantitative estimate of drug-likeness (QED) is 0.687. The van der Waals surface area contributed by atoms with Gasteiger partial charge in [-0.1, -0.05) is 43.7 Å². The lowest BCUT2D eigenvalue weighted by Crippen LogP contribution is -2.35. The highest BCUT2D eigenvalue weighted by Gasteiger charge is 2.15. The Bertz CT molecular complexity index is 864. The monoisotopic (exact) mass is 390 g/mol.